The number of rotatable bonds is 9. The van der Waals surface area contributed by atoms with E-state index < -0.39 is 11.5 Å². The van der Waals surface area contributed by atoms with E-state index in [4.69, 9.17) is 14.2 Å². The smallest absolute Gasteiger partial charge is 0.311 e. The summed E-state index contributed by atoms with van der Waals surface area (Å²) in [6.07, 6.45) is -0.855. The number of hydrogen-bond donors (Lipinski definition) is 1. The molecule has 0 spiro atoms. The summed E-state index contributed by atoms with van der Waals surface area (Å²) in [6.45, 7) is 11.4. The van der Waals surface area contributed by atoms with Gasteiger partial charge in [0.2, 0.25) is 0 Å². The summed E-state index contributed by atoms with van der Waals surface area (Å²) in [4.78, 5) is 22.8. The summed E-state index contributed by atoms with van der Waals surface area (Å²) in [5, 5.41) is 9.63. The molecule has 0 amide bonds. The van der Waals surface area contributed by atoms with Crippen LogP contribution >= 0.6 is 0 Å². The second kappa shape index (κ2) is 9.79. The highest BCUT2D eigenvalue weighted by atomic mass is 16.6. The fraction of sp³-hybridized carbons (Fsp3) is 0.875. The normalized spacial score (nSPS) is 14.5. The van der Waals surface area contributed by atoms with E-state index in [-0.39, 0.29) is 43.6 Å². The number of aliphatic hydroxyl groups is 1. The average molecular weight is 318 g/mol. The second-order valence-corrected chi connectivity index (χ2v) is 6.93. The molecule has 0 saturated heterocycles. The van der Waals surface area contributed by atoms with Gasteiger partial charge in [0.1, 0.15) is 12.7 Å². The lowest BCUT2D eigenvalue weighted by atomic mass is 9.97. The molecule has 2 atom stereocenters. The zero-order valence-corrected chi connectivity index (χ0v) is 14.5. The number of carbonyl (C=O) groups is 2. The van der Waals surface area contributed by atoms with Crippen molar-refractivity contribution in [3.8, 4) is 0 Å². The molecule has 0 bridgehead atoms. The van der Waals surface area contributed by atoms with E-state index in [1.165, 1.54) is 0 Å². The van der Waals surface area contributed by atoms with Gasteiger partial charge in [0.25, 0.3) is 0 Å². The summed E-state index contributed by atoms with van der Waals surface area (Å²) in [6, 6.07) is 0. The van der Waals surface area contributed by atoms with Crippen molar-refractivity contribution in [1.82, 2.24) is 0 Å². The zero-order chi connectivity index (χ0) is 17.3. The SMILES string of the molecule is CC(COCC(O)COC(=O)C(C)C)COC(=O)C(C)(C)C. The van der Waals surface area contributed by atoms with Crippen molar-refractivity contribution in [2.24, 2.45) is 17.3 Å². The van der Waals surface area contributed by atoms with Crippen LogP contribution in [0, 0.1) is 17.3 Å². The first-order valence-corrected chi connectivity index (χ1v) is 7.63. The Morgan fingerprint density at radius 3 is 2.05 bits per heavy atom. The average Bonchev–Trinajstić information content (AvgIpc) is 2.40. The molecular formula is C16H30O6. The van der Waals surface area contributed by atoms with E-state index >= 15 is 0 Å². The summed E-state index contributed by atoms with van der Waals surface area (Å²) < 4.78 is 15.4. The van der Waals surface area contributed by atoms with Gasteiger partial charge in [-0.2, -0.15) is 0 Å². The van der Waals surface area contributed by atoms with Crippen LogP contribution in [0.3, 0.4) is 0 Å². The van der Waals surface area contributed by atoms with E-state index in [1.807, 2.05) is 6.92 Å². The maximum atomic E-state index is 11.6. The Kier molecular flexibility index (Phi) is 9.28. The van der Waals surface area contributed by atoms with Crippen LogP contribution in [0.15, 0.2) is 0 Å². The minimum Gasteiger partial charge on any atom is -0.465 e. The van der Waals surface area contributed by atoms with Gasteiger partial charge >= 0.3 is 11.9 Å². The summed E-state index contributed by atoms with van der Waals surface area (Å²) in [7, 11) is 0. The molecule has 22 heavy (non-hydrogen) atoms. The molecule has 0 radical (unpaired) electrons. The molecule has 0 aliphatic heterocycles. The molecule has 0 saturated carbocycles. The predicted molar refractivity (Wildman–Crippen MR) is 82.2 cm³/mol. The van der Waals surface area contributed by atoms with Crippen LogP contribution < -0.4 is 0 Å². The fourth-order valence-corrected chi connectivity index (χ4v) is 1.28. The van der Waals surface area contributed by atoms with E-state index in [1.54, 1.807) is 34.6 Å². The van der Waals surface area contributed by atoms with E-state index in [0.717, 1.165) is 0 Å². The molecule has 0 aromatic carbocycles. The molecule has 6 nitrogen and oxygen atoms in total. The minimum atomic E-state index is -0.855. The lowest BCUT2D eigenvalue weighted by Gasteiger charge is -2.19. The van der Waals surface area contributed by atoms with Crippen LogP contribution in [-0.2, 0) is 23.8 Å². The van der Waals surface area contributed by atoms with Gasteiger partial charge in [-0.25, -0.2) is 0 Å². The maximum absolute atomic E-state index is 11.6. The molecule has 0 aromatic heterocycles. The monoisotopic (exact) mass is 318 g/mol. The Bertz CT molecular complexity index is 345. The topological polar surface area (TPSA) is 82.1 Å². The molecule has 1 N–H and O–H groups in total. The number of carbonyl (C=O) groups excluding carboxylic acids is 2. The molecule has 0 aliphatic carbocycles. The van der Waals surface area contributed by atoms with E-state index in [0.29, 0.717) is 6.61 Å². The maximum Gasteiger partial charge on any atom is 0.311 e. The van der Waals surface area contributed by atoms with Crippen molar-refractivity contribution in [3.05, 3.63) is 0 Å². The van der Waals surface area contributed by atoms with Crippen molar-refractivity contribution < 1.29 is 28.9 Å². The van der Waals surface area contributed by atoms with Gasteiger partial charge in [-0.15, -0.1) is 0 Å². The first kappa shape index (κ1) is 20.9. The Morgan fingerprint density at radius 2 is 1.55 bits per heavy atom. The van der Waals surface area contributed by atoms with Crippen LogP contribution in [0.5, 0.6) is 0 Å². The van der Waals surface area contributed by atoms with Crippen LogP contribution in [0.2, 0.25) is 0 Å². The Hall–Kier alpha value is -1.14. The number of aliphatic hydroxyl groups excluding tert-OH is 1. The summed E-state index contributed by atoms with van der Waals surface area (Å²) in [5.41, 5.74) is -0.517. The van der Waals surface area contributed by atoms with Crippen LogP contribution in [-0.4, -0.2) is 49.6 Å². The number of ether oxygens (including phenoxy) is 3. The number of esters is 2. The third-order valence-electron chi connectivity index (χ3n) is 2.71. The highest BCUT2D eigenvalue weighted by Crippen LogP contribution is 2.15. The molecule has 0 aromatic rings. The van der Waals surface area contributed by atoms with Crippen molar-refractivity contribution in [3.63, 3.8) is 0 Å². The van der Waals surface area contributed by atoms with Gasteiger partial charge in [0.05, 0.1) is 31.2 Å². The van der Waals surface area contributed by atoms with Gasteiger partial charge < -0.3 is 19.3 Å². The molecule has 130 valence electrons. The van der Waals surface area contributed by atoms with Crippen molar-refractivity contribution in [2.75, 3.05) is 26.4 Å². The van der Waals surface area contributed by atoms with Gasteiger partial charge in [-0.1, -0.05) is 20.8 Å². The highest BCUT2D eigenvalue weighted by molar-refractivity contribution is 5.75. The number of hydrogen-bond acceptors (Lipinski definition) is 6. The first-order chi connectivity index (χ1) is 10.0. The van der Waals surface area contributed by atoms with Crippen molar-refractivity contribution >= 4 is 11.9 Å². The quantitative estimate of drug-likeness (QED) is 0.653. The third-order valence-corrected chi connectivity index (χ3v) is 2.71. The second-order valence-electron chi connectivity index (χ2n) is 6.93. The molecule has 0 aliphatic rings. The fourth-order valence-electron chi connectivity index (χ4n) is 1.28. The van der Waals surface area contributed by atoms with Crippen LogP contribution in [0.4, 0.5) is 0 Å². The molecule has 0 rings (SSSR count). The summed E-state index contributed by atoms with van der Waals surface area (Å²) in [5.74, 6) is -0.788. The van der Waals surface area contributed by atoms with Gasteiger partial charge in [-0.05, 0) is 20.8 Å². The standard InChI is InChI=1S/C16H30O6/c1-11(2)14(18)21-10-13(17)9-20-7-12(3)8-22-15(19)16(4,5)6/h11-13,17H,7-10H2,1-6H3. The lowest BCUT2D eigenvalue weighted by molar-refractivity contribution is -0.155. The van der Waals surface area contributed by atoms with E-state index in [2.05, 4.69) is 0 Å². The third kappa shape index (κ3) is 9.73. The molecule has 6 heteroatoms. The van der Waals surface area contributed by atoms with Gasteiger partial charge in [0.15, 0.2) is 0 Å². The Labute approximate surface area is 133 Å². The first-order valence-electron chi connectivity index (χ1n) is 7.63. The predicted octanol–water partition coefficient (Wildman–Crippen LogP) is 1.79. The van der Waals surface area contributed by atoms with Crippen molar-refractivity contribution in [1.29, 1.82) is 0 Å². The lowest BCUT2D eigenvalue weighted by Crippen LogP contribution is -2.28. The Balaban J connectivity index is 3.77. The van der Waals surface area contributed by atoms with Gasteiger partial charge in [-0.3, -0.25) is 9.59 Å². The summed E-state index contributed by atoms with van der Waals surface area (Å²) >= 11 is 0. The molecule has 2 unspecified atom stereocenters. The molecular weight excluding hydrogens is 288 g/mol. The minimum absolute atomic E-state index is 0.0247. The van der Waals surface area contributed by atoms with E-state index in [9.17, 15) is 14.7 Å². The van der Waals surface area contributed by atoms with Crippen molar-refractivity contribution in [2.45, 2.75) is 47.6 Å². The molecule has 0 heterocycles. The Morgan fingerprint density at radius 1 is 0.955 bits per heavy atom. The van der Waals surface area contributed by atoms with Crippen LogP contribution in [0.1, 0.15) is 41.5 Å². The molecule has 0 fully saturated rings. The zero-order valence-electron chi connectivity index (χ0n) is 14.5. The van der Waals surface area contributed by atoms with Gasteiger partial charge in [0, 0.05) is 5.92 Å². The van der Waals surface area contributed by atoms with Crippen LogP contribution in [0.25, 0.3) is 0 Å². The largest absolute Gasteiger partial charge is 0.465 e. The highest BCUT2D eigenvalue weighted by Gasteiger charge is 2.23.